The van der Waals surface area contributed by atoms with Gasteiger partial charge in [-0.25, -0.2) is 0 Å². The first-order chi connectivity index (χ1) is 7.20. The molecular weight excluding hydrogens is 208 g/mol. The monoisotopic (exact) mass is 228 g/mol. The molecule has 1 unspecified atom stereocenters. The van der Waals surface area contributed by atoms with Gasteiger partial charge in [-0.1, -0.05) is 6.08 Å². The summed E-state index contributed by atoms with van der Waals surface area (Å²) in [5.74, 6) is -1.44. The zero-order valence-electron chi connectivity index (χ0n) is 10.1. The van der Waals surface area contributed by atoms with E-state index in [0.29, 0.717) is 6.54 Å². The molecule has 0 radical (unpaired) electrons. The molecule has 0 bridgehead atoms. The van der Waals surface area contributed by atoms with Crippen molar-refractivity contribution >= 4 is 11.9 Å². The van der Waals surface area contributed by atoms with Crippen LogP contribution in [0.1, 0.15) is 27.2 Å². The number of carbonyl (C=O) groups excluding carboxylic acids is 1. The highest BCUT2D eigenvalue weighted by atomic mass is 16.4. The van der Waals surface area contributed by atoms with Gasteiger partial charge < -0.3 is 15.7 Å². The van der Waals surface area contributed by atoms with Crippen LogP contribution >= 0.6 is 0 Å². The Bertz CT molecular complexity index is 281. The van der Waals surface area contributed by atoms with Gasteiger partial charge in [-0.15, -0.1) is 6.58 Å². The van der Waals surface area contributed by atoms with Crippen molar-refractivity contribution in [2.24, 2.45) is 5.73 Å². The number of carboxylic acids is 1. The highest BCUT2D eigenvalue weighted by Gasteiger charge is 2.29. The average molecular weight is 228 g/mol. The molecule has 5 nitrogen and oxygen atoms in total. The second-order valence-corrected chi connectivity index (χ2v) is 4.61. The predicted molar refractivity (Wildman–Crippen MR) is 61.9 cm³/mol. The molecule has 16 heavy (non-hydrogen) atoms. The van der Waals surface area contributed by atoms with Gasteiger partial charge in [-0.05, 0) is 20.8 Å². The normalized spacial score (nSPS) is 13.0. The molecule has 0 fully saturated rings. The number of carbonyl (C=O) groups is 2. The number of amides is 1. The molecular formula is C11H20N2O3. The molecule has 1 amide bonds. The number of rotatable bonds is 5. The fourth-order valence-corrected chi connectivity index (χ4v) is 1.30. The molecule has 0 spiro atoms. The molecule has 0 aromatic heterocycles. The molecule has 0 heterocycles. The van der Waals surface area contributed by atoms with Crippen molar-refractivity contribution in [1.29, 1.82) is 0 Å². The van der Waals surface area contributed by atoms with Crippen molar-refractivity contribution in [1.82, 2.24) is 4.90 Å². The van der Waals surface area contributed by atoms with Gasteiger partial charge in [-0.2, -0.15) is 0 Å². The Morgan fingerprint density at radius 1 is 1.50 bits per heavy atom. The van der Waals surface area contributed by atoms with Crippen LogP contribution in [0.15, 0.2) is 12.7 Å². The quantitative estimate of drug-likeness (QED) is 0.675. The van der Waals surface area contributed by atoms with Crippen molar-refractivity contribution in [2.75, 3.05) is 6.54 Å². The molecule has 3 N–H and O–H groups in total. The van der Waals surface area contributed by atoms with Crippen molar-refractivity contribution in [2.45, 2.75) is 38.8 Å². The van der Waals surface area contributed by atoms with E-state index in [-0.39, 0.29) is 12.3 Å². The van der Waals surface area contributed by atoms with Crippen LogP contribution in [0.25, 0.3) is 0 Å². The summed E-state index contributed by atoms with van der Waals surface area (Å²) in [6.45, 7) is 9.51. The van der Waals surface area contributed by atoms with Crippen LogP contribution in [-0.4, -0.2) is 40.0 Å². The lowest BCUT2D eigenvalue weighted by Gasteiger charge is -2.36. The van der Waals surface area contributed by atoms with E-state index in [0.717, 1.165) is 0 Å². The minimum Gasteiger partial charge on any atom is -0.481 e. The number of hydrogen-bond acceptors (Lipinski definition) is 3. The Hall–Kier alpha value is -1.36. The van der Waals surface area contributed by atoms with E-state index in [1.807, 2.05) is 20.8 Å². The van der Waals surface area contributed by atoms with Gasteiger partial charge in [0.2, 0.25) is 5.91 Å². The Balaban J connectivity index is 4.74. The maximum Gasteiger partial charge on any atom is 0.305 e. The number of nitrogens with zero attached hydrogens (tertiary/aromatic N) is 1. The van der Waals surface area contributed by atoms with Gasteiger partial charge in [0.05, 0.1) is 12.5 Å². The first-order valence-electron chi connectivity index (χ1n) is 5.10. The van der Waals surface area contributed by atoms with Crippen LogP contribution in [0.3, 0.4) is 0 Å². The number of hydrogen-bond donors (Lipinski definition) is 2. The van der Waals surface area contributed by atoms with Crippen LogP contribution in [0.4, 0.5) is 0 Å². The Morgan fingerprint density at radius 2 is 2.00 bits per heavy atom. The molecule has 0 aliphatic heterocycles. The summed E-state index contributed by atoms with van der Waals surface area (Å²) in [7, 11) is 0. The van der Waals surface area contributed by atoms with Crippen molar-refractivity contribution in [3.8, 4) is 0 Å². The fourth-order valence-electron chi connectivity index (χ4n) is 1.30. The summed E-state index contributed by atoms with van der Waals surface area (Å²) in [6.07, 6.45) is 1.24. The second-order valence-electron chi connectivity index (χ2n) is 4.61. The first-order valence-corrected chi connectivity index (χ1v) is 5.10. The minimum atomic E-state index is -1.08. The third-order valence-corrected chi connectivity index (χ3v) is 2.10. The van der Waals surface area contributed by atoms with E-state index in [1.54, 1.807) is 6.08 Å². The summed E-state index contributed by atoms with van der Waals surface area (Å²) in [5, 5.41) is 8.58. The Kier molecular flexibility index (Phi) is 5.17. The number of carboxylic acid groups (broad SMARTS) is 1. The third kappa shape index (κ3) is 4.44. The van der Waals surface area contributed by atoms with E-state index >= 15 is 0 Å². The molecule has 1 atom stereocenters. The zero-order valence-corrected chi connectivity index (χ0v) is 10.1. The van der Waals surface area contributed by atoms with Crippen LogP contribution in [-0.2, 0) is 9.59 Å². The van der Waals surface area contributed by atoms with Crippen LogP contribution < -0.4 is 5.73 Å². The maximum absolute atomic E-state index is 11.9. The fraction of sp³-hybridized carbons (Fsp3) is 0.636. The van der Waals surface area contributed by atoms with E-state index in [1.165, 1.54) is 4.90 Å². The summed E-state index contributed by atoms with van der Waals surface area (Å²) < 4.78 is 0. The predicted octanol–water partition coefficient (Wildman–Crippen LogP) is 0.601. The number of nitrogens with two attached hydrogens (primary N) is 1. The molecule has 0 aliphatic rings. The second kappa shape index (κ2) is 5.65. The zero-order chi connectivity index (χ0) is 12.9. The van der Waals surface area contributed by atoms with Crippen molar-refractivity contribution in [3.63, 3.8) is 0 Å². The smallest absolute Gasteiger partial charge is 0.305 e. The Morgan fingerprint density at radius 3 is 2.31 bits per heavy atom. The van der Waals surface area contributed by atoms with Gasteiger partial charge in [-0.3, -0.25) is 9.59 Å². The molecule has 5 heteroatoms. The SMILES string of the molecule is C=CCN(C(=O)C(N)CC(=O)O)C(C)(C)C. The lowest BCUT2D eigenvalue weighted by molar-refractivity contribution is -0.143. The topological polar surface area (TPSA) is 83.6 Å². The van der Waals surface area contributed by atoms with E-state index in [2.05, 4.69) is 6.58 Å². The van der Waals surface area contributed by atoms with Gasteiger partial charge in [0, 0.05) is 12.1 Å². The summed E-state index contributed by atoms with van der Waals surface area (Å²) in [4.78, 5) is 23.9. The van der Waals surface area contributed by atoms with Crippen LogP contribution in [0.2, 0.25) is 0 Å². The first kappa shape index (κ1) is 14.6. The largest absolute Gasteiger partial charge is 0.481 e. The minimum absolute atomic E-state index is 0.357. The van der Waals surface area contributed by atoms with Crippen LogP contribution in [0.5, 0.6) is 0 Å². The molecule has 92 valence electrons. The van der Waals surface area contributed by atoms with Gasteiger partial charge in [0.25, 0.3) is 0 Å². The molecule has 0 aromatic rings. The number of aliphatic carboxylic acids is 1. The van der Waals surface area contributed by atoms with Crippen molar-refractivity contribution in [3.05, 3.63) is 12.7 Å². The molecule has 0 rings (SSSR count). The van der Waals surface area contributed by atoms with Gasteiger partial charge in [0.15, 0.2) is 0 Å². The van der Waals surface area contributed by atoms with Gasteiger partial charge in [0.1, 0.15) is 0 Å². The van der Waals surface area contributed by atoms with Gasteiger partial charge >= 0.3 is 5.97 Å². The average Bonchev–Trinajstić information content (AvgIpc) is 2.10. The van der Waals surface area contributed by atoms with E-state index in [4.69, 9.17) is 10.8 Å². The summed E-state index contributed by atoms with van der Waals surface area (Å²) >= 11 is 0. The van der Waals surface area contributed by atoms with E-state index < -0.39 is 17.6 Å². The molecule has 0 aromatic carbocycles. The summed E-state index contributed by atoms with van der Waals surface area (Å²) in [6, 6.07) is -1.00. The standard InChI is InChI=1S/C11H20N2O3/c1-5-6-13(11(2,3)4)10(16)8(12)7-9(14)15/h5,8H,1,6-7,12H2,2-4H3,(H,14,15). The summed E-state index contributed by atoms with van der Waals surface area (Å²) in [5.41, 5.74) is 5.14. The van der Waals surface area contributed by atoms with E-state index in [9.17, 15) is 9.59 Å². The van der Waals surface area contributed by atoms with Crippen molar-refractivity contribution < 1.29 is 14.7 Å². The molecule has 0 saturated heterocycles. The highest BCUT2D eigenvalue weighted by Crippen LogP contribution is 2.14. The lowest BCUT2D eigenvalue weighted by atomic mass is 10.0. The third-order valence-electron chi connectivity index (χ3n) is 2.10. The maximum atomic E-state index is 11.9. The Labute approximate surface area is 95.9 Å². The molecule has 0 saturated carbocycles. The van der Waals surface area contributed by atoms with Crippen LogP contribution in [0, 0.1) is 0 Å². The highest BCUT2D eigenvalue weighted by molar-refractivity contribution is 5.86. The lowest BCUT2D eigenvalue weighted by Crippen LogP contribution is -2.52. The molecule has 0 aliphatic carbocycles.